The third-order valence-corrected chi connectivity index (χ3v) is 6.08. The third kappa shape index (κ3) is 5.56. The van der Waals surface area contributed by atoms with Crippen LogP contribution in [0.15, 0.2) is 61.2 Å². The van der Waals surface area contributed by atoms with Crippen molar-refractivity contribution in [3.63, 3.8) is 0 Å². The van der Waals surface area contributed by atoms with E-state index in [4.69, 9.17) is 9.47 Å². The first-order valence-corrected chi connectivity index (χ1v) is 11.3. The van der Waals surface area contributed by atoms with Gasteiger partial charge in [0.2, 0.25) is 0 Å². The Kier molecular flexibility index (Phi) is 8.96. The molecule has 0 aromatic heterocycles. The molecular weight excluding hydrogens is 473 g/mol. The maximum atomic E-state index is 14.7. The second kappa shape index (κ2) is 11.2. The van der Waals surface area contributed by atoms with Crippen LogP contribution in [0.3, 0.4) is 0 Å². The van der Waals surface area contributed by atoms with Gasteiger partial charge in [0.05, 0.1) is 13.2 Å². The minimum Gasteiger partial charge on any atom is -0.496 e. The van der Waals surface area contributed by atoms with Gasteiger partial charge in [-0.3, -0.25) is 15.0 Å². The topological polar surface area (TPSA) is 67.9 Å². The fourth-order valence-corrected chi connectivity index (χ4v) is 4.10. The molecule has 0 spiro atoms. The summed E-state index contributed by atoms with van der Waals surface area (Å²) in [6, 6.07) is 10.5. The number of alkyl halides is 3. The largest absolute Gasteiger partial charge is 0.496 e. The highest BCUT2D eigenvalue weighted by Crippen LogP contribution is 2.44. The molecule has 0 bridgehead atoms. The summed E-state index contributed by atoms with van der Waals surface area (Å²) in [7, 11) is 2.26. The number of hydrazine groups is 1. The number of halogens is 3. The van der Waals surface area contributed by atoms with Gasteiger partial charge in [-0.25, -0.2) is 5.01 Å². The molecule has 0 fully saturated rings. The lowest BCUT2D eigenvalue weighted by Gasteiger charge is -2.44. The zero-order valence-corrected chi connectivity index (χ0v) is 21.4. The van der Waals surface area contributed by atoms with Gasteiger partial charge in [-0.15, -0.1) is 6.58 Å². The summed E-state index contributed by atoms with van der Waals surface area (Å²) in [6.45, 7) is 10.6. The summed E-state index contributed by atoms with van der Waals surface area (Å²) in [4.78, 5) is 27.4. The molecule has 2 atom stereocenters. The van der Waals surface area contributed by atoms with Crippen molar-refractivity contribution in [3.8, 4) is 5.75 Å². The smallest absolute Gasteiger partial charge is 0.431 e. The number of ether oxygens (including phenoxy) is 2. The Labute approximate surface area is 210 Å². The van der Waals surface area contributed by atoms with Crippen molar-refractivity contribution in [2.75, 3.05) is 14.2 Å². The highest BCUT2D eigenvalue weighted by Gasteiger charge is 2.65. The van der Waals surface area contributed by atoms with Crippen LogP contribution >= 0.6 is 0 Å². The highest BCUT2D eigenvalue weighted by atomic mass is 19.4. The van der Waals surface area contributed by atoms with Crippen LogP contribution in [0.5, 0.6) is 5.75 Å². The van der Waals surface area contributed by atoms with Crippen LogP contribution < -0.4 is 10.2 Å². The molecule has 0 aliphatic carbocycles. The minimum atomic E-state index is -5.15. The summed E-state index contributed by atoms with van der Waals surface area (Å²) in [5.41, 5.74) is -1.45. The van der Waals surface area contributed by atoms with Crippen molar-refractivity contribution in [3.05, 3.63) is 77.9 Å². The Morgan fingerprint density at radius 1 is 1.06 bits per heavy atom. The zero-order chi connectivity index (χ0) is 27.3. The number of nitrogens with one attached hydrogen (secondary N) is 1. The molecule has 196 valence electrons. The maximum absolute atomic E-state index is 14.7. The Bertz CT molecular complexity index is 1080. The van der Waals surface area contributed by atoms with E-state index in [9.17, 15) is 22.8 Å². The Balaban J connectivity index is 2.74. The zero-order valence-electron chi connectivity index (χ0n) is 21.4. The van der Waals surface area contributed by atoms with E-state index < -0.39 is 40.6 Å². The lowest BCUT2D eigenvalue weighted by molar-refractivity contribution is -0.273. The van der Waals surface area contributed by atoms with E-state index in [-0.39, 0.29) is 12.0 Å². The van der Waals surface area contributed by atoms with Crippen LogP contribution in [0, 0.1) is 12.3 Å². The van der Waals surface area contributed by atoms with E-state index >= 15 is 0 Å². The van der Waals surface area contributed by atoms with Crippen LogP contribution in [-0.2, 0) is 15.1 Å². The number of benzene rings is 2. The molecule has 0 radical (unpaired) electrons. The van der Waals surface area contributed by atoms with Crippen molar-refractivity contribution in [2.24, 2.45) is 5.41 Å². The second-order valence-corrected chi connectivity index (χ2v) is 9.40. The maximum Gasteiger partial charge on any atom is 0.431 e. The molecule has 1 unspecified atom stereocenters. The van der Waals surface area contributed by atoms with Crippen molar-refractivity contribution >= 4 is 11.8 Å². The molecule has 36 heavy (non-hydrogen) atoms. The lowest BCUT2D eigenvalue weighted by atomic mass is 9.82. The van der Waals surface area contributed by atoms with Crippen LogP contribution in [0.2, 0.25) is 0 Å². The SMILES string of the molecule is C=CC[C@@H](N(NC(=O)c1cccc(OC)c1C)C(=O)C(OC)(c1ccccc1)C(F)(F)F)C(C)(C)C. The molecule has 0 saturated carbocycles. The first kappa shape index (κ1) is 28.9. The first-order valence-electron chi connectivity index (χ1n) is 11.3. The Morgan fingerprint density at radius 3 is 2.14 bits per heavy atom. The molecule has 2 aromatic carbocycles. The Morgan fingerprint density at radius 2 is 1.67 bits per heavy atom. The molecule has 0 heterocycles. The van der Waals surface area contributed by atoms with Crippen molar-refractivity contribution in [1.29, 1.82) is 0 Å². The van der Waals surface area contributed by atoms with Gasteiger partial charge in [0.25, 0.3) is 17.4 Å². The summed E-state index contributed by atoms with van der Waals surface area (Å²) >= 11 is 0. The summed E-state index contributed by atoms with van der Waals surface area (Å²) in [6.07, 6.45) is -3.55. The second-order valence-electron chi connectivity index (χ2n) is 9.40. The average Bonchev–Trinajstić information content (AvgIpc) is 2.81. The number of carbonyl (C=O) groups excluding carboxylic acids is 2. The van der Waals surface area contributed by atoms with Crippen molar-refractivity contribution in [1.82, 2.24) is 10.4 Å². The predicted octanol–water partition coefficient (Wildman–Crippen LogP) is 5.57. The number of methoxy groups -OCH3 is 2. The summed E-state index contributed by atoms with van der Waals surface area (Å²) in [5.74, 6) is -1.82. The average molecular weight is 507 g/mol. The van der Waals surface area contributed by atoms with Crippen LogP contribution in [0.4, 0.5) is 13.2 Å². The van der Waals surface area contributed by atoms with E-state index in [1.165, 1.54) is 49.6 Å². The number of amides is 2. The molecule has 0 saturated heterocycles. The van der Waals surface area contributed by atoms with Crippen LogP contribution in [0.25, 0.3) is 0 Å². The summed E-state index contributed by atoms with van der Waals surface area (Å²) < 4.78 is 54.4. The predicted molar refractivity (Wildman–Crippen MR) is 131 cm³/mol. The van der Waals surface area contributed by atoms with E-state index in [0.717, 1.165) is 12.1 Å². The molecule has 1 N–H and O–H groups in total. The van der Waals surface area contributed by atoms with Gasteiger partial charge in [-0.2, -0.15) is 13.2 Å². The lowest BCUT2D eigenvalue weighted by Crippen LogP contribution is -2.65. The van der Waals surface area contributed by atoms with E-state index in [2.05, 4.69) is 12.0 Å². The van der Waals surface area contributed by atoms with Gasteiger partial charge in [0, 0.05) is 23.8 Å². The standard InChI is InChI=1S/C27H33F3N2O4/c1-8-13-22(25(3,4)5)32(31-23(33)20-16-12-17-21(35-6)18(20)2)24(34)26(36-7,27(28,29)30)19-14-10-9-11-15-19/h8-12,14-17,22H,1,13H2,2-7H3,(H,31,33)/t22-,26?/m1/s1. The monoisotopic (exact) mass is 506 g/mol. The molecule has 6 nitrogen and oxygen atoms in total. The van der Waals surface area contributed by atoms with Gasteiger partial charge < -0.3 is 9.47 Å². The molecule has 2 aromatic rings. The van der Waals surface area contributed by atoms with Gasteiger partial charge in [0.1, 0.15) is 5.75 Å². The van der Waals surface area contributed by atoms with Gasteiger partial charge >= 0.3 is 6.18 Å². The number of nitrogens with zero attached hydrogens (tertiary/aromatic N) is 1. The van der Waals surface area contributed by atoms with E-state index in [1.807, 2.05) is 0 Å². The molecule has 0 aliphatic rings. The quantitative estimate of drug-likeness (QED) is 0.375. The minimum absolute atomic E-state index is 0.110. The normalized spacial score (nSPS) is 14.4. The molecule has 2 rings (SSSR count). The number of hydrogen-bond donors (Lipinski definition) is 1. The van der Waals surface area contributed by atoms with E-state index in [0.29, 0.717) is 11.3 Å². The van der Waals surface area contributed by atoms with E-state index in [1.54, 1.807) is 39.8 Å². The Hall–Kier alpha value is -3.33. The first-order chi connectivity index (χ1) is 16.8. The van der Waals surface area contributed by atoms with Gasteiger partial charge in [-0.1, -0.05) is 63.2 Å². The molecular formula is C27H33F3N2O4. The molecule has 9 heteroatoms. The van der Waals surface area contributed by atoms with Crippen molar-refractivity contribution < 1.29 is 32.2 Å². The third-order valence-electron chi connectivity index (χ3n) is 6.08. The van der Waals surface area contributed by atoms with Gasteiger partial charge in [-0.05, 0) is 30.9 Å². The van der Waals surface area contributed by atoms with Gasteiger partial charge in [0.15, 0.2) is 0 Å². The fraction of sp³-hybridized carbons (Fsp3) is 0.407. The highest BCUT2D eigenvalue weighted by molar-refractivity contribution is 5.98. The van der Waals surface area contributed by atoms with Crippen LogP contribution in [0.1, 0.15) is 48.7 Å². The molecule has 2 amide bonds. The van der Waals surface area contributed by atoms with Crippen molar-refractivity contribution in [2.45, 2.75) is 51.9 Å². The van der Waals surface area contributed by atoms with Crippen LogP contribution in [-0.4, -0.2) is 43.3 Å². The number of rotatable bonds is 8. The fourth-order valence-electron chi connectivity index (χ4n) is 4.10. The molecule has 0 aliphatic heterocycles. The number of hydrogen-bond acceptors (Lipinski definition) is 4. The summed E-state index contributed by atoms with van der Waals surface area (Å²) in [5, 5.41) is 0.743. The number of carbonyl (C=O) groups is 2.